The summed E-state index contributed by atoms with van der Waals surface area (Å²) in [5, 5.41) is 11.5. The Labute approximate surface area is 346 Å². The molecule has 6 aromatic rings. The molecule has 0 atom stereocenters. The molecule has 0 aliphatic rings. The molecular weight excluding hydrogens is 804 g/mol. The van der Waals surface area contributed by atoms with Crippen molar-refractivity contribution in [1.82, 2.24) is 15.3 Å². The summed E-state index contributed by atoms with van der Waals surface area (Å²) in [4.78, 5) is 53.6. The third kappa shape index (κ3) is 13.4. The van der Waals surface area contributed by atoms with Gasteiger partial charge in [-0.05, 0) is 121 Å². The predicted molar refractivity (Wildman–Crippen MR) is 212 cm³/mol. The van der Waals surface area contributed by atoms with E-state index < -0.39 is 46.7 Å². The first-order chi connectivity index (χ1) is 29.1. The first-order valence-electron chi connectivity index (χ1n) is 17.9. The number of methoxy groups -OCH3 is 2. The molecule has 2 aromatic heterocycles. The van der Waals surface area contributed by atoms with Gasteiger partial charge in [-0.3, -0.25) is 4.79 Å². The Morgan fingerprint density at radius 3 is 1.44 bits per heavy atom. The molecule has 4 N–H and O–H groups in total. The number of hydrogen-bond donors (Lipinski definition) is 3. The van der Waals surface area contributed by atoms with Gasteiger partial charge in [-0.15, -0.1) is 0 Å². The number of carbonyl (C=O) groups is 4. The quantitative estimate of drug-likeness (QED) is 0.0838. The number of carbonyl (C=O) groups excluding carboxylic acids is 3. The summed E-state index contributed by atoms with van der Waals surface area (Å²) < 4.78 is 72.2. The van der Waals surface area contributed by atoms with Crippen molar-refractivity contribution in [3.8, 4) is 23.3 Å². The highest BCUT2D eigenvalue weighted by Gasteiger charge is 2.18. The van der Waals surface area contributed by atoms with Crippen LogP contribution in [0.2, 0.25) is 0 Å². The fraction of sp³-hybridized carbons (Fsp3) is 0.136. The van der Waals surface area contributed by atoms with Crippen LogP contribution in [-0.4, -0.2) is 53.1 Å². The molecular formula is C44H38F4N4O9. The molecule has 17 heteroatoms. The molecule has 13 nitrogen and oxygen atoms in total. The van der Waals surface area contributed by atoms with E-state index >= 15 is 0 Å². The minimum absolute atomic E-state index is 0.108. The summed E-state index contributed by atoms with van der Waals surface area (Å²) in [6.45, 7) is 4.35. The van der Waals surface area contributed by atoms with Gasteiger partial charge >= 0.3 is 17.9 Å². The maximum atomic E-state index is 13.7. The van der Waals surface area contributed by atoms with E-state index in [2.05, 4.69) is 24.8 Å². The number of carboxylic acids is 1. The number of hydrogen-bond acceptors (Lipinski definition) is 11. The predicted octanol–water partition coefficient (Wildman–Crippen LogP) is 8.27. The smallest absolute Gasteiger partial charge is 0.341 e. The summed E-state index contributed by atoms with van der Waals surface area (Å²) in [6, 6.07) is 22.2. The molecule has 0 spiro atoms. The molecule has 1 amide bonds. The van der Waals surface area contributed by atoms with E-state index in [0.29, 0.717) is 17.7 Å². The number of ether oxygens (including phenoxy) is 4. The minimum atomic E-state index is -1.36. The number of nitrogens with two attached hydrogens (primary N) is 1. The van der Waals surface area contributed by atoms with E-state index in [9.17, 15) is 36.7 Å². The summed E-state index contributed by atoms with van der Waals surface area (Å²) >= 11 is 0. The zero-order valence-corrected chi connectivity index (χ0v) is 33.0. The van der Waals surface area contributed by atoms with Crippen molar-refractivity contribution in [2.45, 2.75) is 26.9 Å². The number of rotatable bonds is 11. The number of aromatic nitrogens is 2. The summed E-state index contributed by atoms with van der Waals surface area (Å²) in [5.41, 5.74) is 9.56. The van der Waals surface area contributed by atoms with Crippen molar-refractivity contribution in [3.63, 3.8) is 0 Å². The lowest BCUT2D eigenvalue weighted by Gasteiger charge is -2.12. The van der Waals surface area contributed by atoms with Gasteiger partial charge in [0.05, 0.1) is 37.7 Å². The van der Waals surface area contributed by atoms with Gasteiger partial charge < -0.3 is 35.1 Å². The van der Waals surface area contributed by atoms with E-state index in [0.717, 1.165) is 58.9 Å². The topological polar surface area (TPSA) is 189 Å². The van der Waals surface area contributed by atoms with Crippen molar-refractivity contribution in [2.24, 2.45) is 5.73 Å². The summed E-state index contributed by atoms with van der Waals surface area (Å²) in [5.74, 6) is -5.02. The number of aromatic carboxylic acids is 1. The van der Waals surface area contributed by atoms with Crippen molar-refractivity contribution in [1.29, 1.82) is 0 Å². The Morgan fingerprint density at radius 2 is 1.03 bits per heavy atom. The Bertz CT molecular complexity index is 2500. The molecule has 0 unspecified atom stereocenters. The van der Waals surface area contributed by atoms with Crippen LogP contribution in [0, 0.1) is 37.1 Å². The van der Waals surface area contributed by atoms with Gasteiger partial charge in [-0.2, -0.15) is 0 Å². The van der Waals surface area contributed by atoms with Crippen molar-refractivity contribution in [3.05, 3.63) is 177 Å². The average Bonchev–Trinajstić information content (AvgIpc) is 3.25. The fourth-order valence-corrected chi connectivity index (χ4v) is 5.14. The summed E-state index contributed by atoms with van der Waals surface area (Å²) in [7, 11) is 2.67. The summed E-state index contributed by atoms with van der Waals surface area (Å²) in [6.07, 6.45) is 1.76. The van der Waals surface area contributed by atoms with E-state index in [-0.39, 0.29) is 41.3 Å². The van der Waals surface area contributed by atoms with E-state index in [1.54, 1.807) is 37.3 Å². The Hall–Kier alpha value is -7.66. The van der Waals surface area contributed by atoms with E-state index in [1.807, 2.05) is 13.0 Å². The Balaban J connectivity index is 0.000000223. The van der Waals surface area contributed by atoms with Crippen LogP contribution in [0.3, 0.4) is 0 Å². The lowest BCUT2D eigenvalue weighted by Crippen LogP contribution is -2.24. The number of nitrogens with one attached hydrogen (secondary N) is 1. The maximum Gasteiger partial charge on any atom is 0.341 e. The normalized spacial score (nSPS) is 10.2. The van der Waals surface area contributed by atoms with Crippen LogP contribution < -0.4 is 20.5 Å². The Morgan fingerprint density at radius 1 is 0.607 bits per heavy atom. The third-order valence-corrected chi connectivity index (χ3v) is 8.35. The zero-order chi connectivity index (χ0) is 44.6. The number of halogens is 4. The monoisotopic (exact) mass is 842 g/mol. The van der Waals surface area contributed by atoms with Crippen LogP contribution in [0.15, 0.2) is 109 Å². The van der Waals surface area contributed by atoms with Gasteiger partial charge in [0.25, 0.3) is 5.91 Å². The largest absolute Gasteiger partial charge is 0.477 e. The SMILES string of the molecule is COC(=O)c1ccc(CN)c(C)c1.COC(=O)c1ccc(CNC(=O)c2cc(F)cnc2Oc2ccc(F)cc2)c(C)c1.O=C(O)c1cc(F)cnc1Oc1ccc(F)cc1. The molecule has 2 heterocycles. The fourth-order valence-electron chi connectivity index (χ4n) is 5.14. The van der Waals surface area contributed by atoms with E-state index in [4.69, 9.17) is 20.3 Å². The molecule has 6 rings (SSSR count). The van der Waals surface area contributed by atoms with Crippen molar-refractivity contribution < 1.29 is 60.8 Å². The molecule has 0 bridgehead atoms. The van der Waals surface area contributed by atoms with Crippen LogP contribution in [0.25, 0.3) is 0 Å². The van der Waals surface area contributed by atoms with Crippen molar-refractivity contribution >= 4 is 23.8 Å². The number of benzene rings is 4. The number of aryl methyl sites for hydroxylation is 2. The number of amides is 1. The van der Waals surface area contributed by atoms with Crippen LogP contribution in [0.4, 0.5) is 17.6 Å². The zero-order valence-electron chi connectivity index (χ0n) is 33.0. The molecule has 0 aliphatic heterocycles. The van der Waals surface area contributed by atoms with E-state index in [1.165, 1.54) is 50.6 Å². The van der Waals surface area contributed by atoms with Crippen LogP contribution in [-0.2, 0) is 22.6 Å². The lowest BCUT2D eigenvalue weighted by atomic mass is 10.0. The molecule has 0 fully saturated rings. The van der Waals surface area contributed by atoms with Crippen molar-refractivity contribution in [2.75, 3.05) is 14.2 Å². The third-order valence-electron chi connectivity index (χ3n) is 8.35. The van der Waals surface area contributed by atoms with Gasteiger partial charge in [0.1, 0.15) is 45.9 Å². The lowest BCUT2D eigenvalue weighted by molar-refractivity contribution is 0.0591. The molecule has 316 valence electrons. The first kappa shape index (κ1) is 46.0. The first-order valence-corrected chi connectivity index (χ1v) is 17.9. The second-order valence-electron chi connectivity index (χ2n) is 12.6. The van der Waals surface area contributed by atoms with Crippen LogP contribution in [0.1, 0.15) is 63.7 Å². The number of carboxylic acid groups (broad SMARTS) is 1. The van der Waals surface area contributed by atoms with Gasteiger partial charge in [0.2, 0.25) is 11.8 Å². The second-order valence-corrected chi connectivity index (χ2v) is 12.6. The molecule has 0 saturated carbocycles. The maximum absolute atomic E-state index is 13.7. The number of pyridine rings is 2. The molecule has 0 aliphatic carbocycles. The highest BCUT2D eigenvalue weighted by molar-refractivity contribution is 5.96. The number of esters is 2. The van der Waals surface area contributed by atoms with Gasteiger partial charge in [0, 0.05) is 13.1 Å². The highest BCUT2D eigenvalue weighted by Crippen LogP contribution is 2.26. The average molecular weight is 843 g/mol. The van der Waals surface area contributed by atoms with Gasteiger partial charge in [0.15, 0.2) is 0 Å². The molecule has 4 aromatic carbocycles. The number of nitrogens with zero attached hydrogens (tertiary/aromatic N) is 2. The molecule has 0 saturated heterocycles. The molecule has 61 heavy (non-hydrogen) atoms. The van der Waals surface area contributed by atoms with Crippen LogP contribution in [0.5, 0.6) is 23.3 Å². The highest BCUT2D eigenvalue weighted by atomic mass is 19.1. The minimum Gasteiger partial charge on any atom is -0.477 e. The van der Waals surface area contributed by atoms with Crippen LogP contribution >= 0.6 is 0 Å². The standard InChI is InChI=1S/C22H18F2N2O4.C12H7F2NO3.C10H13NO2/c1-13-9-14(22(28)29-2)3-4-15(13)11-25-20(27)19-10-17(24)12-26-21(19)30-18-7-5-16(23)6-8-18;13-7-1-3-9(4-2-7)18-11-10(12(16)17)5-8(14)6-15-11;1-7-5-8(10(12)13-2)3-4-9(7)6-11/h3-10,12H,11H2,1-2H3,(H,25,27);1-6H,(H,16,17);3-5H,6,11H2,1-2H3. The molecule has 0 radical (unpaired) electrons. The van der Waals surface area contributed by atoms with Gasteiger partial charge in [-0.1, -0.05) is 12.1 Å². The van der Waals surface area contributed by atoms with Gasteiger partial charge in [-0.25, -0.2) is 41.9 Å². The second kappa shape index (κ2) is 21.9. The Kier molecular flexibility index (Phi) is 16.5.